The molecule has 6 nitrogen and oxygen atoms in total. The predicted molar refractivity (Wildman–Crippen MR) is 98.8 cm³/mol. The summed E-state index contributed by atoms with van der Waals surface area (Å²) < 4.78 is 29.9. The van der Waals surface area contributed by atoms with Crippen molar-refractivity contribution in [2.24, 2.45) is 0 Å². The van der Waals surface area contributed by atoms with Crippen molar-refractivity contribution in [3.63, 3.8) is 0 Å². The quantitative estimate of drug-likeness (QED) is 0.707. The van der Waals surface area contributed by atoms with E-state index in [4.69, 9.17) is 14.2 Å². The second kappa shape index (κ2) is 9.48. The lowest BCUT2D eigenvalue weighted by atomic mass is 9.88. The maximum atomic E-state index is 13.5. The third kappa shape index (κ3) is 7.44. The van der Waals surface area contributed by atoms with Crippen LogP contribution in [0.4, 0.5) is 9.18 Å². The zero-order valence-electron chi connectivity index (χ0n) is 16.3. The number of halogens is 1. The van der Waals surface area contributed by atoms with E-state index < -0.39 is 23.6 Å². The third-order valence-electron chi connectivity index (χ3n) is 4.12. The Morgan fingerprint density at radius 3 is 2.67 bits per heavy atom. The van der Waals surface area contributed by atoms with Crippen molar-refractivity contribution in [2.45, 2.75) is 63.9 Å². The fraction of sp³-hybridized carbons (Fsp3) is 0.650. The number of ether oxygens (including phenoxy) is 3. The number of aliphatic hydroxyl groups is 1. The number of carbonyl (C=O) groups excluding carboxylic acids is 1. The SMILES string of the molecule is CC(C)(C)OC(=O)NCCCC(O)(Cc1cccc(F)c1)C1OCCCO1. The third-order valence-corrected chi connectivity index (χ3v) is 4.12. The summed E-state index contributed by atoms with van der Waals surface area (Å²) in [4.78, 5) is 11.7. The fourth-order valence-electron chi connectivity index (χ4n) is 2.99. The van der Waals surface area contributed by atoms with Crippen molar-refractivity contribution in [3.8, 4) is 0 Å². The molecule has 7 heteroatoms. The van der Waals surface area contributed by atoms with Crippen LogP contribution in [0.1, 0.15) is 45.6 Å². The molecule has 1 amide bonds. The molecule has 0 radical (unpaired) electrons. The Labute approximate surface area is 160 Å². The zero-order valence-corrected chi connectivity index (χ0v) is 16.3. The Kier molecular flexibility index (Phi) is 7.59. The van der Waals surface area contributed by atoms with Gasteiger partial charge in [-0.3, -0.25) is 0 Å². The highest BCUT2D eigenvalue weighted by atomic mass is 19.1. The maximum absolute atomic E-state index is 13.5. The summed E-state index contributed by atoms with van der Waals surface area (Å²) in [6.45, 7) is 6.73. The Morgan fingerprint density at radius 1 is 1.33 bits per heavy atom. The number of hydrogen-bond donors (Lipinski definition) is 2. The van der Waals surface area contributed by atoms with Crippen molar-refractivity contribution < 1.29 is 28.5 Å². The Balaban J connectivity index is 1.94. The molecule has 2 N–H and O–H groups in total. The van der Waals surface area contributed by atoms with Gasteiger partial charge < -0.3 is 24.6 Å². The lowest BCUT2D eigenvalue weighted by Crippen LogP contribution is -2.50. The summed E-state index contributed by atoms with van der Waals surface area (Å²) in [5.41, 5.74) is -1.22. The second-order valence-corrected chi connectivity index (χ2v) is 7.87. The van der Waals surface area contributed by atoms with Gasteiger partial charge in [0, 0.05) is 13.0 Å². The van der Waals surface area contributed by atoms with Gasteiger partial charge in [-0.2, -0.15) is 0 Å². The van der Waals surface area contributed by atoms with Crippen molar-refractivity contribution in [3.05, 3.63) is 35.6 Å². The topological polar surface area (TPSA) is 77.0 Å². The molecule has 152 valence electrons. The first kappa shape index (κ1) is 21.6. The number of hydrogen-bond acceptors (Lipinski definition) is 5. The minimum absolute atomic E-state index is 0.196. The smallest absolute Gasteiger partial charge is 0.407 e. The van der Waals surface area contributed by atoms with Crippen LogP contribution in [0.25, 0.3) is 0 Å². The molecular weight excluding hydrogens is 353 g/mol. The summed E-state index contributed by atoms with van der Waals surface area (Å²) in [5, 5.41) is 13.9. The predicted octanol–water partition coefficient (Wildman–Crippen LogP) is 3.17. The Bertz CT molecular complexity index is 613. The van der Waals surface area contributed by atoms with Crippen molar-refractivity contribution >= 4 is 6.09 Å². The van der Waals surface area contributed by atoms with E-state index in [0.29, 0.717) is 38.2 Å². The monoisotopic (exact) mass is 383 g/mol. The number of benzene rings is 1. The molecule has 2 rings (SSSR count). The van der Waals surface area contributed by atoms with E-state index in [1.165, 1.54) is 12.1 Å². The molecule has 1 atom stereocenters. The molecule has 0 bridgehead atoms. The molecule has 0 saturated carbocycles. The number of nitrogens with one attached hydrogen (secondary N) is 1. The molecule has 1 unspecified atom stereocenters. The molecule has 27 heavy (non-hydrogen) atoms. The summed E-state index contributed by atoms with van der Waals surface area (Å²) in [5.74, 6) is -0.355. The molecule has 1 aromatic rings. The molecule has 0 aliphatic carbocycles. The van der Waals surface area contributed by atoms with Crippen LogP contribution in [-0.2, 0) is 20.6 Å². The first-order chi connectivity index (χ1) is 12.7. The van der Waals surface area contributed by atoms with Crippen molar-refractivity contribution in [1.82, 2.24) is 5.32 Å². The van der Waals surface area contributed by atoms with Gasteiger partial charge in [0.05, 0.1) is 13.2 Å². The molecule has 1 fully saturated rings. The molecule has 0 aromatic heterocycles. The molecule has 1 saturated heterocycles. The number of rotatable bonds is 7. The molecule has 1 aliphatic rings. The van der Waals surface area contributed by atoms with E-state index in [-0.39, 0.29) is 12.2 Å². The van der Waals surface area contributed by atoms with Crippen LogP contribution in [0.2, 0.25) is 0 Å². The molecule has 1 aliphatic heterocycles. The first-order valence-electron chi connectivity index (χ1n) is 9.35. The number of carbonyl (C=O) groups is 1. The molecule has 1 heterocycles. The summed E-state index contributed by atoms with van der Waals surface area (Å²) in [7, 11) is 0. The van der Waals surface area contributed by atoms with E-state index in [1.807, 2.05) is 0 Å². The van der Waals surface area contributed by atoms with E-state index in [2.05, 4.69) is 5.32 Å². The van der Waals surface area contributed by atoms with Crippen LogP contribution < -0.4 is 5.32 Å². The summed E-state index contributed by atoms with van der Waals surface area (Å²) >= 11 is 0. The average Bonchev–Trinajstić information content (AvgIpc) is 2.58. The van der Waals surface area contributed by atoms with Crippen LogP contribution >= 0.6 is 0 Å². The van der Waals surface area contributed by atoms with Crippen molar-refractivity contribution in [2.75, 3.05) is 19.8 Å². The van der Waals surface area contributed by atoms with Gasteiger partial charge in [-0.05, 0) is 57.7 Å². The van der Waals surface area contributed by atoms with Crippen LogP contribution in [0.5, 0.6) is 0 Å². The number of alkyl carbamates (subject to hydrolysis) is 1. The van der Waals surface area contributed by atoms with Gasteiger partial charge in [0.1, 0.15) is 17.0 Å². The standard InChI is InChI=1S/C20H30FNO5/c1-19(2,3)27-18(23)22-10-5-9-20(24,17-25-11-6-12-26-17)14-15-7-4-8-16(21)13-15/h4,7-8,13,17,24H,5-6,9-12,14H2,1-3H3,(H,22,23). The first-order valence-corrected chi connectivity index (χ1v) is 9.35. The van der Waals surface area contributed by atoms with Crippen LogP contribution in [0.3, 0.4) is 0 Å². The minimum Gasteiger partial charge on any atom is -0.444 e. The largest absolute Gasteiger partial charge is 0.444 e. The highest BCUT2D eigenvalue weighted by Gasteiger charge is 2.39. The molecule has 0 spiro atoms. The van der Waals surface area contributed by atoms with Gasteiger partial charge in [-0.15, -0.1) is 0 Å². The lowest BCUT2D eigenvalue weighted by Gasteiger charge is -2.38. The van der Waals surface area contributed by atoms with Crippen molar-refractivity contribution in [1.29, 1.82) is 0 Å². The van der Waals surface area contributed by atoms with Gasteiger partial charge >= 0.3 is 6.09 Å². The average molecular weight is 383 g/mol. The lowest BCUT2D eigenvalue weighted by molar-refractivity contribution is -0.263. The van der Waals surface area contributed by atoms with Gasteiger partial charge in [0.25, 0.3) is 0 Å². The number of amides is 1. The highest BCUT2D eigenvalue weighted by Crippen LogP contribution is 2.28. The zero-order chi connectivity index (χ0) is 19.9. The fourth-order valence-corrected chi connectivity index (χ4v) is 2.99. The van der Waals surface area contributed by atoms with Crippen LogP contribution in [0.15, 0.2) is 24.3 Å². The van der Waals surface area contributed by atoms with E-state index in [1.54, 1.807) is 32.9 Å². The Morgan fingerprint density at radius 2 is 2.04 bits per heavy atom. The molecular formula is C20H30FNO5. The summed E-state index contributed by atoms with van der Waals surface area (Å²) in [6.07, 6.45) is 0.504. The normalized spacial score (nSPS) is 18.0. The van der Waals surface area contributed by atoms with Gasteiger partial charge in [-0.1, -0.05) is 12.1 Å². The second-order valence-electron chi connectivity index (χ2n) is 7.87. The minimum atomic E-state index is -1.32. The van der Waals surface area contributed by atoms with Gasteiger partial charge in [0.15, 0.2) is 6.29 Å². The highest BCUT2D eigenvalue weighted by molar-refractivity contribution is 5.67. The van der Waals surface area contributed by atoms with Crippen LogP contribution in [0, 0.1) is 5.82 Å². The van der Waals surface area contributed by atoms with E-state index >= 15 is 0 Å². The van der Waals surface area contributed by atoms with Crippen LogP contribution in [-0.4, -0.2) is 48.5 Å². The van der Waals surface area contributed by atoms with E-state index in [9.17, 15) is 14.3 Å². The molecule has 1 aromatic carbocycles. The van der Waals surface area contributed by atoms with Gasteiger partial charge in [0.2, 0.25) is 0 Å². The maximum Gasteiger partial charge on any atom is 0.407 e. The van der Waals surface area contributed by atoms with E-state index in [0.717, 1.165) is 6.42 Å². The van der Waals surface area contributed by atoms with Gasteiger partial charge in [-0.25, -0.2) is 9.18 Å². The Hall–Kier alpha value is -1.70. The summed E-state index contributed by atoms with van der Waals surface area (Å²) in [6, 6.07) is 6.13.